The molecule has 4 rings (SSSR count). The number of rotatable bonds is 3. The van der Waals surface area contributed by atoms with Gasteiger partial charge in [-0.3, -0.25) is 0 Å². The SMILES string of the molecule is COc1c(C)cc(C2(OC)c3ccccc3-c3ccc(Br)cc32)cc1C. The molecule has 132 valence electrons. The number of benzene rings is 3. The third-order valence-electron chi connectivity index (χ3n) is 5.33. The molecule has 0 saturated heterocycles. The Kier molecular flexibility index (Phi) is 4.17. The molecule has 1 atom stereocenters. The lowest BCUT2D eigenvalue weighted by atomic mass is 9.82. The van der Waals surface area contributed by atoms with E-state index < -0.39 is 5.60 Å². The van der Waals surface area contributed by atoms with Crippen LogP contribution in [0.15, 0.2) is 59.1 Å². The Morgan fingerprint density at radius 2 is 1.46 bits per heavy atom. The van der Waals surface area contributed by atoms with Crippen molar-refractivity contribution in [2.24, 2.45) is 0 Å². The van der Waals surface area contributed by atoms with E-state index in [1.807, 2.05) is 0 Å². The van der Waals surface area contributed by atoms with Crippen LogP contribution in [0.2, 0.25) is 0 Å². The number of halogens is 1. The molecule has 2 nitrogen and oxygen atoms in total. The third-order valence-corrected chi connectivity index (χ3v) is 5.83. The fourth-order valence-corrected chi connectivity index (χ4v) is 4.70. The van der Waals surface area contributed by atoms with Gasteiger partial charge in [-0.25, -0.2) is 0 Å². The van der Waals surface area contributed by atoms with Crippen LogP contribution in [-0.2, 0) is 10.3 Å². The molecule has 3 aromatic rings. The van der Waals surface area contributed by atoms with Gasteiger partial charge in [-0.2, -0.15) is 0 Å². The van der Waals surface area contributed by atoms with Crippen molar-refractivity contribution < 1.29 is 9.47 Å². The minimum atomic E-state index is -0.627. The summed E-state index contributed by atoms with van der Waals surface area (Å²) in [5, 5.41) is 0. The molecular weight excluding hydrogens is 388 g/mol. The summed E-state index contributed by atoms with van der Waals surface area (Å²) >= 11 is 3.64. The minimum Gasteiger partial charge on any atom is -0.496 e. The molecule has 0 N–H and O–H groups in total. The maximum atomic E-state index is 6.31. The largest absolute Gasteiger partial charge is 0.496 e. The van der Waals surface area contributed by atoms with Crippen molar-refractivity contribution >= 4 is 15.9 Å². The zero-order valence-corrected chi connectivity index (χ0v) is 17.0. The van der Waals surface area contributed by atoms with Crippen molar-refractivity contribution in [3.8, 4) is 16.9 Å². The fourth-order valence-electron chi connectivity index (χ4n) is 4.34. The highest BCUT2D eigenvalue weighted by Crippen LogP contribution is 2.54. The van der Waals surface area contributed by atoms with Crippen molar-refractivity contribution in [3.05, 3.63) is 86.9 Å². The van der Waals surface area contributed by atoms with Gasteiger partial charge in [-0.15, -0.1) is 0 Å². The van der Waals surface area contributed by atoms with Crippen molar-refractivity contribution in [1.29, 1.82) is 0 Å². The summed E-state index contributed by atoms with van der Waals surface area (Å²) in [5.74, 6) is 0.931. The van der Waals surface area contributed by atoms with E-state index in [4.69, 9.17) is 9.47 Å². The second kappa shape index (κ2) is 6.26. The maximum Gasteiger partial charge on any atom is 0.144 e. The maximum absolute atomic E-state index is 6.31. The van der Waals surface area contributed by atoms with Crippen LogP contribution < -0.4 is 4.74 Å². The zero-order valence-electron chi connectivity index (χ0n) is 15.4. The van der Waals surface area contributed by atoms with Gasteiger partial charge in [0.05, 0.1) is 7.11 Å². The molecule has 0 heterocycles. The second-order valence-electron chi connectivity index (χ2n) is 6.76. The van der Waals surface area contributed by atoms with Gasteiger partial charge >= 0.3 is 0 Å². The monoisotopic (exact) mass is 408 g/mol. The van der Waals surface area contributed by atoms with E-state index in [1.54, 1.807) is 14.2 Å². The Morgan fingerprint density at radius 3 is 2.12 bits per heavy atom. The highest BCUT2D eigenvalue weighted by molar-refractivity contribution is 9.10. The van der Waals surface area contributed by atoms with Crippen LogP contribution in [-0.4, -0.2) is 14.2 Å². The van der Waals surface area contributed by atoms with Crippen LogP contribution in [0.4, 0.5) is 0 Å². The molecule has 0 amide bonds. The first-order chi connectivity index (χ1) is 12.5. The van der Waals surface area contributed by atoms with E-state index in [9.17, 15) is 0 Å². The highest BCUT2D eigenvalue weighted by atomic mass is 79.9. The van der Waals surface area contributed by atoms with Gasteiger partial charge in [0.2, 0.25) is 0 Å². The quantitative estimate of drug-likeness (QED) is 0.529. The number of methoxy groups -OCH3 is 2. The number of aryl methyl sites for hydroxylation is 2. The smallest absolute Gasteiger partial charge is 0.144 e. The topological polar surface area (TPSA) is 18.5 Å². The van der Waals surface area contributed by atoms with Crippen LogP contribution >= 0.6 is 15.9 Å². The first kappa shape index (κ1) is 17.3. The summed E-state index contributed by atoms with van der Waals surface area (Å²) < 4.78 is 12.9. The lowest BCUT2D eigenvalue weighted by molar-refractivity contribution is 0.0622. The van der Waals surface area contributed by atoms with Gasteiger partial charge in [-0.05, 0) is 65.9 Å². The Hall–Kier alpha value is -2.10. The van der Waals surface area contributed by atoms with Crippen molar-refractivity contribution in [2.45, 2.75) is 19.4 Å². The lowest BCUT2D eigenvalue weighted by Crippen LogP contribution is -2.29. The van der Waals surface area contributed by atoms with Gasteiger partial charge in [0, 0.05) is 22.7 Å². The predicted molar refractivity (Wildman–Crippen MR) is 109 cm³/mol. The number of fused-ring (bicyclic) bond motifs is 3. The average Bonchev–Trinajstić information content (AvgIpc) is 2.91. The molecule has 1 aliphatic rings. The first-order valence-corrected chi connectivity index (χ1v) is 9.43. The van der Waals surface area contributed by atoms with Gasteiger partial charge in [0.25, 0.3) is 0 Å². The van der Waals surface area contributed by atoms with Gasteiger partial charge < -0.3 is 9.47 Å². The lowest BCUT2D eigenvalue weighted by Gasteiger charge is -2.32. The van der Waals surface area contributed by atoms with Gasteiger partial charge in [-0.1, -0.05) is 46.3 Å². The van der Waals surface area contributed by atoms with E-state index in [1.165, 1.54) is 22.3 Å². The fraction of sp³-hybridized carbons (Fsp3) is 0.217. The molecule has 0 saturated carbocycles. The zero-order chi connectivity index (χ0) is 18.5. The Morgan fingerprint density at radius 1 is 0.808 bits per heavy atom. The van der Waals surface area contributed by atoms with Gasteiger partial charge in [0.15, 0.2) is 0 Å². The molecule has 0 aromatic heterocycles. The molecule has 0 aliphatic heterocycles. The highest BCUT2D eigenvalue weighted by Gasteiger charge is 2.45. The van der Waals surface area contributed by atoms with Crippen molar-refractivity contribution in [3.63, 3.8) is 0 Å². The third kappa shape index (κ3) is 2.27. The molecule has 3 aromatic carbocycles. The van der Waals surface area contributed by atoms with E-state index in [0.717, 1.165) is 26.9 Å². The van der Waals surface area contributed by atoms with Gasteiger partial charge in [0.1, 0.15) is 11.4 Å². The van der Waals surface area contributed by atoms with E-state index in [2.05, 4.69) is 84.4 Å². The molecule has 3 heteroatoms. The van der Waals surface area contributed by atoms with Crippen molar-refractivity contribution in [2.75, 3.05) is 14.2 Å². The Bertz CT molecular complexity index is 986. The minimum absolute atomic E-state index is 0.627. The van der Waals surface area contributed by atoms with Crippen LogP contribution in [0, 0.1) is 13.8 Å². The number of ether oxygens (including phenoxy) is 2. The second-order valence-corrected chi connectivity index (χ2v) is 7.68. The summed E-state index contributed by atoms with van der Waals surface area (Å²) in [6.45, 7) is 4.17. The first-order valence-electron chi connectivity index (χ1n) is 8.63. The standard InChI is InChI=1S/C23H21BrO2/c1-14-11-16(12-15(2)22(14)25-3)23(26-4)20-8-6-5-7-18(20)19-10-9-17(24)13-21(19)23/h5-13H,1-4H3. The van der Waals surface area contributed by atoms with Crippen molar-refractivity contribution in [1.82, 2.24) is 0 Å². The van der Waals surface area contributed by atoms with Crippen LogP contribution in [0.5, 0.6) is 5.75 Å². The summed E-state index contributed by atoms with van der Waals surface area (Å²) in [4.78, 5) is 0. The van der Waals surface area contributed by atoms with E-state index >= 15 is 0 Å². The molecular formula is C23H21BrO2. The van der Waals surface area contributed by atoms with Crippen LogP contribution in [0.25, 0.3) is 11.1 Å². The summed E-state index contributed by atoms with van der Waals surface area (Å²) in [6.07, 6.45) is 0. The number of hydrogen-bond acceptors (Lipinski definition) is 2. The summed E-state index contributed by atoms with van der Waals surface area (Å²) in [5.41, 5.74) is 7.51. The van der Waals surface area contributed by atoms with E-state index in [0.29, 0.717) is 0 Å². The molecule has 1 aliphatic carbocycles. The Labute approximate surface area is 162 Å². The predicted octanol–water partition coefficient (Wildman–Crippen LogP) is 5.99. The van der Waals surface area contributed by atoms with Crippen LogP contribution in [0.3, 0.4) is 0 Å². The Balaban J connectivity index is 2.09. The molecule has 0 radical (unpaired) electrons. The van der Waals surface area contributed by atoms with Crippen LogP contribution in [0.1, 0.15) is 27.8 Å². The normalized spacial score (nSPS) is 17.7. The summed E-state index contributed by atoms with van der Waals surface area (Å²) in [7, 11) is 3.51. The van der Waals surface area contributed by atoms with E-state index in [-0.39, 0.29) is 0 Å². The number of hydrogen-bond donors (Lipinski definition) is 0. The molecule has 1 unspecified atom stereocenters. The molecule has 0 spiro atoms. The average molecular weight is 409 g/mol. The molecule has 26 heavy (non-hydrogen) atoms. The molecule has 0 bridgehead atoms. The molecule has 0 fully saturated rings. The summed E-state index contributed by atoms with van der Waals surface area (Å²) in [6, 6.07) is 19.3.